The molecule has 0 atom stereocenters. The van der Waals surface area contributed by atoms with Gasteiger partial charge in [0.05, 0.1) is 22.4 Å². The third kappa shape index (κ3) is 5.22. The highest BCUT2D eigenvalue weighted by Gasteiger charge is 2.14. The summed E-state index contributed by atoms with van der Waals surface area (Å²) in [6.07, 6.45) is 0. The number of thioether (sulfide) groups is 1. The molecule has 0 fully saturated rings. The second-order valence-corrected chi connectivity index (χ2v) is 8.32. The van der Waals surface area contributed by atoms with Crippen LogP contribution in [0.4, 0.5) is 5.69 Å². The number of aromatic nitrogens is 2. The van der Waals surface area contributed by atoms with E-state index in [1.165, 1.54) is 28.8 Å². The molecule has 0 aliphatic heterocycles. The van der Waals surface area contributed by atoms with E-state index in [0.29, 0.717) is 11.4 Å². The standard InChI is InChI=1S/C18H16N4O5S2/c19-29(26,27)14-8-6-12(7-9-14)20-16(24)11-28-18-21-15(23)10-17(25)22(18)13-4-2-1-3-5-13/h1-10,23H,11H2,(H,20,24)(H2,19,26,27). The molecular formula is C18H16N4O5S2. The molecule has 2 aromatic carbocycles. The van der Waals surface area contributed by atoms with Gasteiger partial charge in [0.1, 0.15) is 0 Å². The number of nitrogens with one attached hydrogen (secondary N) is 1. The van der Waals surface area contributed by atoms with Gasteiger partial charge in [0.2, 0.25) is 21.8 Å². The Kier molecular flexibility index (Phi) is 6.01. The molecule has 0 saturated carbocycles. The number of anilines is 1. The van der Waals surface area contributed by atoms with Gasteiger partial charge in [0.25, 0.3) is 5.56 Å². The Bertz CT molecular complexity index is 1190. The third-order valence-electron chi connectivity index (χ3n) is 3.69. The van der Waals surface area contributed by atoms with E-state index < -0.39 is 27.4 Å². The summed E-state index contributed by atoms with van der Waals surface area (Å²) in [5, 5.41) is 17.5. The zero-order valence-corrected chi connectivity index (χ0v) is 16.5. The van der Waals surface area contributed by atoms with Crippen LogP contribution < -0.4 is 16.0 Å². The van der Waals surface area contributed by atoms with Gasteiger partial charge in [-0.25, -0.2) is 13.6 Å². The Hall–Kier alpha value is -3.15. The van der Waals surface area contributed by atoms with Crippen molar-refractivity contribution in [2.24, 2.45) is 5.14 Å². The van der Waals surface area contributed by atoms with Crippen molar-refractivity contribution in [2.75, 3.05) is 11.1 Å². The van der Waals surface area contributed by atoms with Crippen molar-refractivity contribution < 1.29 is 18.3 Å². The first-order chi connectivity index (χ1) is 13.7. The average molecular weight is 432 g/mol. The Labute approximate surface area is 170 Å². The van der Waals surface area contributed by atoms with Crippen molar-refractivity contribution in [2.45, 2.75) is 10.1 Å². The van der Waals surface area contributed by atoms with Crippen LogP contribution in [-0.2, 0) is 14.8 Å². The number of carbonyl (C=O) groups is 1. The summed E-state index contributed by atoms with van der Waals surface area (Å²) >= 11 is 0.969. The number of nitrogens with two attached hydrogens (primary N) is 1. The fraction of sp³-hybridized carbons (Fsp3) is 0.0556. The number of hydrogen-bond donors (Lipinski definition) is 3. The Morgan fingerprint density at radius 3 is 2.41 bits per heavy atom. The summed E-state index contributed by atoms with van der Waals surface area (Å²) in [5.41, 5.74) is 0.448. The fourth-order valence-electron chi connectivity index (χ4n) is 2.42. The second-order valence-electron chi connectivity index (χ2n) is 5.81. The van der Waals surface area contributed by atoms with Crippen LogP contribution in [0.15, 0.2) is 75.5 Å². The topological polar surface area (TPSA) is 144 Å². The molecule has 9 nitrogen and oxygen atoms in total. The summed E-state index contributed by atoms with van der Waals surface area (Å²) in [4.78, 5) is 28.4. The van der Waals surface area contributed by atoms with Crippen LogP contribution in [0.5, 0.6) is 5.88 Å². The molecule has 1 heterocycles. The third-order valence-corrected chi connectivity index (χ3v) is 5.56. The van der Waals surface area contributed by atoms with E-state index in [1.807, 2.05) is 0 Å². The molecule has 3 aromatic rings. The molecule has 29 heavy (non-hydrogen) atoms. The molecule has 0 spiro atoms. The maximum atomic E-state index is 12.3. The van der Waals surface area contributed by atoms with E-state index in [4.69, 9.17) is 5.14 Å². The van der Waals surface area contributed by atoms with Crippen molar-refractivity contribution in [3.05, 3.63) is 71.0 Å². The molecule has 3 rings (SSSR count). The van der Waals surface area contributed by atoms with Gasteiger partial charge >= 0.3 is 0 Å². The van der Waals surface area contributed by atoms with Crippen LogP contribution in [0.2, 0.25) is 0 Å². The van der Waals surface area contributed by atoms with E-state index in [-0.39, 0.29) is 15.8 Å². The van der Waals surface area contributed by atoms with Gasteiger partial charge in [0, 0.05) is 5.69 Å². The zero-order valence-electron chi connectivity index (χ0n) is 14.8. The SMILES string of the molecule is NS(=O)(=O)c1ccc(NC(=O)CSc2nc(O)cc(=O)n2-c2ccccc2)cc1. The number of amides is 1. The van der Waals surface area contributed by atoms with Gasteiger partial charge in [-0.3, -0.25) is 14.2 Å². The first kappa shape index (κ1) is 20.6. The van der Waals surface area contributed by atoms with Crippen molar-refractivity contribution in [1.82, 2.24) is 9.55 Å². The highest BCUT2D eigenvalue weighted by atomic mass is 32.2. The number of nitrogens with zero attached hydrogens (tertiary/aromatic N) is 2. The van der Waals surface area contributed by atoms with E-state index in [1.54, 1.807) is 30.3 Å². The number of hydrogen-bond acceptors (Lipinski definition) is 7. The fourth-order valence-corrected chi connectivity index (χ4v) is 3.75. The lowest BCUT2D eigenvalue weighted by atomic mass is 10.3. The first-order valence-corrected chi connectivity index (χ1v) is 10.7. The number of aromatic hydroxyl groups is 1. The van der Waals surface area contributed by atoms with E-state index >= 15 is 0 Å². The number of rotatable bonds is 6. The van der Waals surface area contributed by atoms with Crippen molar-refractivity contribution >= 4 is 33.4 Å². The molecule has 0 aliphatic carbocycles. The first-order valence-electron chi connectivity index (χ1n) is 8.18. The van der Waals surface area contributed by atoms with Gasteiger partial charge in [-0.05, 0) is 36.4 Å². The van der Waals surface area contributed by atoms with Crippen LogP contribution >= 0.6 is 11.8 Å². The zero-order chi connectivity index (χ0) is 21.0. The molecule has 0 unspecified atom stereocenters. The lowest BCUT2D eigenvalue weighted by molar-refractivity contribution is -0.113. The molecule has 0 saturated heterocycles. The Balaban J connectivity index is 1.74. The number of benzene rings is 2. The minimum Gasteiger partial charge on any atom is -0.493 e. The van der Waals surface area contributed by atoms with Crippen LogP contribution in [0.1, 0.15) is 0 Å². The van der Waals surface area contributed by atoms with Crippen LogP contribution in [0.3, 0.4) is 0 Å². The summed E-state index contributed by atoms with van der Waals surface area (Å²) in [7, 11) is -3.81. The maximum absolute atomic E-state index is 12.3. The van der Waals surface area contributed by atoms with Crippen molar-refractivity contribution in [3.63, 3.8) is 0 Å². The van der Waals surface area contributed by atoms with Crippen LogP contribution in [-0.4, -0.2) is 34.7 Å². The smallest absolute Gasteiger partial charge is 0.262 e. The second kappa shape index (κ2) is 8.47. The number of sulfonamides is 1. The molecule has 0 bridgehead atoms. The molecule has 11 heteroatoms. The molecule has 0 radical (unpaired) electrons. The number of carbonyl (C=O) groups excluding carboxylic acids is 1. The highest BCUT2D eigenvalue weighted by molar-refractivity contribution is 7.99. The van der Waals surface area contributed by atoms with Crippen molar-refractivity contribution in [1.29, 1.82) is 0 Å². The molecule has 1 amide bonds. The van der Waals surface area contributed by atoms with Gasteiger partial charge < -0.3 is 10.4 Å². The molecule has 4 N–H and O–H groups in total. The largest absolute Gasteiger partial charge is 0.493 e. The van der Waals surface area contributed by atoms with E-state index in [9.17, 15) is 23.1 Å². The maximum Gasteiger partial charge on any atom is 0.262 e. The predicted octanol–water partition coefficient (Wildman–Crippen LogP) is 1.32. The minimum atomic E-state index is -3.81. The normalized spacial score (nSPS) is 11.2. The Morgan fingerprint density at radius 1 is 1.14 bits per heavy atom. The summed E-state index contributed by atoms with van der Waals surface area (Å²) in [5.74, 6) is -0.945. The number of para-hydroxylation sites is 1. The van der Waals surface area contributed by atoms with Gasteiger partial charge in [0.15, 0.2) is 5.16 Å². The predicted molar refractivity (Wildman–Crippen MR) is 109 cm³/mol. The van der Waals surface area contributed by atoms with Gasteiger partial charge in [-0.2, -0.15) is 4.98 Å². The molecular weight excluding hydrogens is 416 g/mol. The minimum absolute atomic E-state index is 0.0688. The lowest BCUT2D eigenvalue weighted by Crippen LogP contribution is -2.21. The van der Waals surface area contributed by atoms with Crippen LogP contribution in [0.25, 0.3) is 5.69 Å². The summed E-state index contributed by atoms with van der Waals surface area (Å²) < 4.78 is 23.8. The Morgan fingerprint density at radius 2 is 1.79 bits per heavy atom. The highest BCUT2D eigenvalue weighted by Crippen LogP contribution is 2.21. The summed E-state index contributed by atoms with van der Waals surface area (Å²) in [6, 6.07) is 15.1. The monoisotopic (exact) mass is 432 g/mol. The van der Waals surface area contributed by atoms with Crippen LogP contribution in [0, 0.1) is 0 Å². The molecule has 150 valence electrons. The summed E-state index contributed by atoms with van der Waals surface area (Å²) in [6.45, 7) is 0. The number of primary sulfonamides is 1. The van der Waals surface area contributed by atoms with E-state index in [0.717, 1.165) is 17.8 Å². The van der Waals surface area contributed by atoms with Crippen molar-refractivity contribution in [3.8, 4) is 11.6 Å². The lowest BCUT2D eigenvalue weighted by Gasteiger charge is -2.11. The van der Waals surface area contributed by atoms with E-state index in [2.05, 4.69) is 10.3 Å². The van der Waals surface area contributed by atoms with Gasteiger partial charge in [-0.1, -0.05) is 30.0 Å². The quantitative estimate of drug-likeness (QED) is 0.393. The molecule has 1 aromatic heterocycles. The molecule has 0 aliphatic rings. The van der Waals surface area contributed by atoms with Gasteiger partial charge in [-0.15, -0.1) is 0 Å². The average Bonchev–Trinajstić information content (AvgIpc) is 2.66.